The predicted molar refractivity (Wildman–Crippen MR) is 125 cm³/mol. The Labute approximate surface area is 198 Å². The van der Waals surface area contributed by atoms with Gasteiger partial charge in [0.25, 0.3) is 0 Å². The highest BCUT2D eigenvalue weighted by Crippen LogP contribution is 2.60. The number of aliphatic hydroxyl groups is 2. The van der Waals surface area contributed by atoms with E-state index in [0.29, 0.717) is 28.6 Å². The molecule has 1 saturated carbocycles. The van der Waals surface area contributed by atoms with Crippen molar-refractivity contribution in [1.82, 2.24) is 5.32 Å². The van der Waals surface area contributed by atoms with Gasteiger partial charge in [0, 0.05) is 28.6 Å². The number of ether oxygens (including phenoxy) is 1. The van der Waals surface area contributed by atoms with Crippen LogP contribution in [0.15, 0.2) is 42.5 Å². The summed E-state index contributed by atoms with van der Waals surface area (Å²) in [5, 5.41) is 23.3. The first-order chi connectivity index (χ1) is 15.4. The highest BCUT2D eigenvalue weighted by atomic mass is 35.5. The minimum absolute atomic E-state index is 0.0171. The number of fused-ring (bicyclic) bond motifs is 1. The lowest BCUT2D eigenvalue weighted by atomic mass is 9.54. The van der Waals surface area contributed by atoms with Crippen LogP contribution in [0.5, 0.6) is 5.75 Å². The van der Waals surface area contributed by atoms with Crippen LogP contribution in [0.4, 0.5) is 0 Å². The fraction of sp³-hybridized carbons (Fsp3) is 0.480. The zero-order chi connectivity index (χ0) is 22.9. The Morgan fingerprint density at radius 2 is 1.88 bits per heavy atom. The van der Waals surface area contributed by atoms with Gasteiger partial charge < -0.3 is 20.3 Å². The van der Waals surface area contributed by atoms with Crippen LogP contribution in [0, 0.1) is 11.3 Å². The van der Waals surface area contributed by atoms with Gasteiger partial charge in [0.15, 0.2) is 0 Å². The molecule has 0 radical (unpaired) electrons. The van der Waals surface area contributed by atoms with Crippen molar-refractivity contribution >= 4 is 29.1 Å². The van der Waals surface area contributed by atoms with E-state index in [-0.39, 0.29) is 49.5 Å². The number of halogens is 2. The van der Waals surface area contributed by atoms with Crippen LogP contribution in [-0.4, -0.2) is 42.0 Å². The summed E-state index contributed by atoms with van der Waals surface area (Å²) in [5.74, 6) is 0.807. The van der Waals surface area contributed by atoms with Crippen LogP contribution in [-0.2, 0) is 4.79 Å². The van der Waals surface area contributed by atoms with Crippen LogP contribution in [0.1, 0.15) is 49.1 Å². The summed E-state index contributed by atoms with van der Waals surface area (Å²) in [5.41, 5.74) is 1.55. The molecule has 2 aliphatic rings. The van der Waals surface area contributed by atoms with E-state index >= 15 is 0 Å². The number of carbonyl (C=O) groups is 1. The molecule has 4 rings (SSSR count). The normalized spacial score (nSPS) is 29.5. The fourth-order valence-electron chi connectivity index (χ4n) is 5.99. The molecule has 1 amide bonds. The van der Waals surface area contributed by atoms with Crippen LogP contribution in [0.25, 0.3) is 0 Å². The van der Waals surface area contributed by atoms with Gasteiger partial charge in [-0.15, -0.1) is 0 Å². The van der Waals surface area contributed by atoms with Gasteiger partial charge in [0.1, 0.15) is 12.4 Å². The first kappa shape index (κ1) is 23.4. The number of benzene rings is 2. The lowest BCUT2D eigenvalue weighted by Gasteiger charge is -2.47. The van der Waals surface area contributed by atoms with Crippen LogP contribution < -0.4 is 10.1 Å². The zero-order valence-corrected chi connectivity index (χ0v) is 19.6. The summed E-state index contributed by atoms with van der Waals surface area (Å²) in [7, 11) is 0. The van der Waals surface area contributed by atoms with Crippen molar-refractivity contribution < 1.29 is 19.7 Å². The summed E-state index contributed by atoms with van der Waals surface area (Å²) in [6.45, 7) is 2.18. The molecule has 2 fully saturated rings. The van der Waals surface area contributed by atoms with Gasteiger partial charge in [-0.1, -0.05) is 41.4 Å². The average molecular weight is 478 g/mol. The maximum atomic E-state index is 13.1. The van der Waals surface area contributed by atoms with E-state index in [2.05, 4.69) is 12.2 Å². The Morgan fingerprint density at radius 3 is 2.53 bits per heavy atom. The van der Waals surface area contributed by atoms with Crippen molar-refractivity contribution in [3.8, 4) is 5.75 Å². The Bertz CT molecular complexity index is 967. The number of hydrogen-bond donors (Lipinski definition) is 3. The van der Waals surface area contributed by atoms with Crippen LogP contribution in [0.3, 0.4) is 0 Å². The molecule has 0 spiro atoms. The first-order valence-electron chi connectivity index (χ1n) is 11.1. The topological polar surface area (TPSA) is 78.8 Å². The van der Waals surface area contributed by atoms with E-state index in [1.165, 1.54) is 0 Å². The quantitative estimate of drug-likeness (QED) is 0.547. The summed E-state index contributed by atoms with van der Waals surface area (Å²) < 4.78 is 5.52. The lowest BCUT2D eigenvalue weighted by Crippen LogP contribution is -2.44. The van der Waals surface area contributed by atoms with Gasteiger partial charge in [-0.2, -0.15) is 0 Å². The molecule has 1 aliphatic carbocycles. The number of rotatable bonds is 7. The van der Waals surface area contributed by atoms with Crippen molar-refractivity contribution in [2.75, 3.05) is 19.8 Å². The molecule has 172 valence electrons. The maximum absolute atomic E-state index is 13.1. The molecule has 0 unspecified atom stereocenters. The monoisotopic (exact) mass is 477 g/mol. The van der Waals surface area contributed by atoms with Crippen molar-refractivity contribution in [3.05, 3.63) is 63.6 Å². The Morgan fingerprint density at radius 1 is 1.12 bits per heavy atom. The van der Waals surface area contributed by atoms with Gasteiger partial charge in [0.2, 0.25) is 5.91 Å². The van der Waals surface area contributed by atoms with E-state index < -0.39 is 5.41 Å². The minimum Gasteiger partial charge on any atom is -0.491 e. The van der Waals surface area contributed by atoms with E-state index in [1.807, 2.05) is 36.4 Å². The van der Waals surface area contributed by atoms with Crippen LogP contribution >= 0.6 is 23.2 Å². The second-order valence-corrected chi connectivity index (χ2v) is 9.74. The third-order valence-electron chi connectivity index (χ3n) is 7.25. The lowest BCUT2D eigenvalue weighted by molar-refractivity contribution is -0.132. The highest BCUT2D eigenvalue weighted by Gasteiger charge is 2.59. The molecule has 5 atom stereocenters. The van der Waals surface area contributed by atoms with E-state index in [9.17, 15) is 9.90 Å². The number of nitrogens with one attached hydrogen (secondary N) is 1. The third-order valence-corrected chi connectivity index (χ3v) is 7.83. The number of aliphatic hydroxyl groups excluding tert-OH is 2. The molecule has 1 heterocycles. The first-order valence-corrected chi connectivity index (χ1v) is 11.9. The van der Waals surface area contributed by atoms with Crippen molar-refractivity contribution in [2.45, 2.75) is 44.1 Å². The predicted octanol–water partition coefficient (Wildman–Crippen LogP) is 4.53. The molecule has 5 nitrogen and oxygen atoms in total. The van der Waals surface area contributed by atoms with Gasteiger partial charge >= 0.3 is 0 Å². The molecule has 1 saturated heterocycles. The average Bonchev–Trinajstić information content (AvgIpc) is 3.02. The molecule has 32 heavy (non-hydrogen) atoms. The Hall–Kier alpha value is -1.79. The van der Waals surface area contributed by atoms with Gasteiger partial charge in [-0.3, -0.25) is 4.79 Å². The number of carbonyl (C=O) groups excluding carboxylic acids is 1. The van der Waals surface area contributed by atoms with Gasteiger partial charge in [0.05, 0.1) is 12.0 Å². The van der Waals surface area contributed by atoms with Gasteiger partial charge in [-0.05, 0) is 73.4 Å². The van der Waals surface area contributed by atoms with E-state index in [1.54, 1.807) is 6.07 Å². The summed E-state index contributed by atoms with van der Waals surface area (Å²) in [4.78, 5) is 13.1. The second kappa shape index (κ2) is 9.60. The van der Waals surface area contributed by atoms with Gasteiger partial charge in [-0.25, -0.2) is 0 Å². The smallest absolute Gasteiger partial charge is 0.226 e. The molecular weight excluding hydrogens is 449 g/mol. The largest absolute Gasteiger partial charge is 0.491 e. The summed E-state index contributed by atoms with van der Waals surface area (Å²) >= 11 is 12.9. The number of amides is 1. The Balaban J connectivity index is 1.79. The maximum Gasteiger partial charge on any atom is 0.226 e. The van der Waals surface area contributed by atoms with Crippen molar-refractivity contribution in [2.24, 2.45) is 11.3 Å². The van der Waals surface area contributed by atoms with Crippen molar-refractivity contribution in [3.63, 3.8) is 0 Å². The van der Waals surface area contributed by atoms with E-state index in [4.69, 9.17) is 33.0 Å². The molecule has 1 aliphatic heterocycles. The summed E-state index contributed by atoms with van der Waals surface area (Å²) in [6, 6.07) is 13.5. The SMILES string of the molecule is C[C@H]1NC(=O)[C@]2(CCO)CC[C@@H](c3ccc(OCCO)cc3Cl)[C@H](c3ccc(Cl)cc3)[C@H]12. The zero-order valence-electron chi connectivity index (χ0n) is 18.1. The third kappa shape index (κ3) is 4.12. The van der Waals surface area contributed by atoms with E-state index in [0.717, 1.165) is 17.5 Å². The molecule has 2 aromatic rings. The molecule has 0 aromatic heterocycles. The molecule has 2 aromatic carbocycles. The molecular formula is C25H29Cl2NO4. The molecule has 3 N–H and O–H groups in total. The van der Waals surface area contributed by atoms with Crippen molar-refractivity contribution in [1.29, 1.82) is 0 Å². The van der Waals surface area contributed by atoms with Crippen LogP contribution in [0.2, 0.25) is 10.0 Å². The molecule has 0 bridgehead atoms. The minimum atomic E-state index is -0.592. The number of hydrogen-bond acceptors (Lipinski definition) is 4. The molecule has 7 heteroatoms. The second-order valence-electron chi connectivity index (χ2n) is 8.90. The fourth-order valence-corrected chi connectivity index (χ4v) is 6.42. The Kier molecular flexibility index (Phi) is 7.01. The standard InChI is InChI=1S/C25H29Cl2NO4/c1-15-23-22(16-2-4-17(26)5-3-16)20(8-9-25(23,10-11-29)24(31)28-15)19-7-6-18(14-21(19)27)32-13-12-30/h2-7,14-15,20,22-23,29-30H,8-13H2,1H3,(H,28,31)/t15-,20+,22+,23+,25+/m1/s1. The summed E-state index contributed by atoms with van der Waals surface area (Å²) in [6.07, 6.45) is 1.93. The highest BCUT2D eigenvalue weighted by molar-refractivity contribution is 6.31.